The van der Waals surface area contributed by atoms with Crippen molar-refractivity contribution in [3.05, 3.63) is 23.5 Å². The van der Waals surface area contributed by atoms with Crippen molar-refractivity contribution in [2.45, 2.75) is 12.8 Å². The van der Waals surface area contributed by atoms with E-state index < -0.39 is 6.09 Å². The molecular weight excluding hydrogens is 230 g/mol. The molecule has 0 aromatic heterocycles. The molecule has 1 atom stereocenters. The summed E-state index contributed by atoms with van der Waals surface area (Å²) >= 11 is 0. The smallest absolute Gasteiger partial charge is 0.407 e. The standard InChI is InChI=1S/C13H19N3O2/c17-13(18)16-7-6-15-8-10-2-1-5-14-12(10)4-3-11(15)9-16/h3-4,10,14H,1-2,5-9H2,(H,17,18). The van der Waals surface area contributed by atoms with Gasteiger partial charge in [-0.05, 0) is 25.0 Å². The molecule has 2 fully saturated rings. The Morgan fingerprint density at radius 3 is 3.11 bits per heavy atom. The number of carboxylic acid groups (broad SMARTS) is 1. The summed E-state index contributed by atoms with van der Waals surface area (Å²) in [6, 6.07) is 0. The van der Waals surface area contributed by atoms with Gasteiger partial charge < -0.3 is 20.2 Å². The fourth-order valence-corrected chi connectivity index (χ4v) is 3.01. The van der Waals surface area contributed by atoms with Crippen molar-refractivity contribution in [2.75, 3.05) is 32.7 Å². The summed E-state index contributed by atoms with van der Waals surface area (Å²) in [5.41, 5.74) is 2.46. The fraction of sp³-hybridized carbons (Fsp3) is 0.615. The quantitative estimate of drug-likeness (QED) is 0.674. The van der Waals surface area contributed by atoms with E-state index in [1.54, 1.807) is 0 Å². The summed E-state index contributed by atoms with van der Waals surface area (Å²) in [6.45, 7) is 4.04. The van der Waals surface area contributed by atoms with Gasteiger partial charge in [0.25, 0.3) is 0 Å². The first-order chi connectivity index (χ1) is 8.74. The lowest BCUT2D eigenvalue weighted by Crippen LogP contribution is -2.48. The Labute approximate surface area is 107 Å². The van der Waals surface area contributed by atoms with Gasteiger partial charge in [0.2, 0.25) is 0 Å². The molecule has 2 saturated heterocycles. The summed E-state index contributed by atoms with van der Waals surface area (Å²) in [4.78, 5) is 14.9. The van der Waals surface area contributed by atoms with Crippen molar-refractivity contribution < 1.29 is 9.90 Å². The normalized spacial score (nSPS) is 27.2. The Kier molecular flexibility index (Phi) is 2.89. The van der Waals surface area contributed by atoms with Crippen LogP contribution in [0.4, 0.5) is 4.79 Å². The van der Waals surface area contributed by atoms with Crippen LogP contribution in [0.1, 0.15) is 12.8 Å². The van der Waals surface area contributed by atoms with Crippen LogP contribution in [0.2, 0.25) is 0 Å². The lowest BCUT2D eigenvalue weighted by atomic mass is 9.95. The molecule has 3 rings (SSSR count). The molecule has 0 saturated carbocycles. The summed E-state index contributed by atoms with van der Waals surface area (Å²) in [6.07, 6.45) is 5.88. The van der Waals surface area contributed by atoms with Gasteiger partial charge in [0.1, 0.15) is 0 Å². The van der Waals surface area contributed by atoms with E-state index >= 15 is 0 Å². The highest BCUT2D eigenvalue weighted by molar-refractivity contribution is 5.65. The third-order valence-corrected chi connectivity index (χ3v) is 4.06. The fourth-order valence-electron chi connectivity index (χ4n) is 3.01. The molecule has 0 aromatic carbocycles. The van der Waals surface area contributed by atoms with E-state index in [4.69, 9.17) is 5.11 Å². The number of hydrogen-bond acceptors (Lipinski definition) is 3. The number of allylic oxidation sites excluding steroid dienone is 2. The Morgan fingerprint density at radius 1 is 1.39 bits per heavy atom. The Morgan fingerprint density at radius 2 is 2.28 bits per heavy atom. The molecule has 3 aliphatic rings. The minimum atomic E-state index is -0.817. The maximum absolute atomic E-state index is 11.0. The maximum atomic E-state index is 11.0. The number of carbonyl (C=O) groups is 1. The van der Waals surface area contributed by atoms with Crippen LogP contribution < -0.4 is 5.32 Å². The van der Waals surface area contributed by atoms with Gasteiger partial charge in [0, 0.05) is 43.5 Å². The number of hydrogen-bond donors (Lipinski definition) is 2. The van der Waals surface area contributed by atoms with Gasteiger partial charge in [-0.2, -0.15) is 0 Å². The van der Waals surface area contributed by atoms with Crippen molar-refractivity contribution in [2.24, 2.45) is 5.92 Å². The lowest BCUT2D eigenvalue weighted by molar-refractivity contribution is 0.121. The Hall–Kier alpha value is -1.65. The molecule has 1 amide bonds. The molecule has 0 spiro atoms. The predicted octanol–water partition coefficient (Wildman–Crippen LogP) is 1.06. The lowest BCUT2D eigenvalue weighted by Gasteiger charge is -2.38. The van der Waals surface area contributed by atoms with E-state index in [1.807, 2.05) is 0 Å². The van der Waals surface area contributed by atoms with Gasteiger partial charge in [0.05, 0.1) is 6.54 Å². The molecule has 2 N–H and O–H groups in total. The second kappa shape index (κ2) is 4.55. The van der Waals surface area contributed by atoms with E-state index in [-0.39, 0.29) is 0 Å². The van der Waals surface area contributed by atoms with Crippen molar-refractivity contribution in [1.82, 2.24) is 15.1 Å². The van der Waals surface area contributed by atoms with Crippen LogP contribution in [0.5, 0.6) is 0 Å². The topological polar surface area (TPSA) is 55.8 Å². The minimum absolute atomic E-state index is 0.520. The van der Waals surface area contributed by atoms with E-state index in [2.05, 4.69) is 22.4 Å². The number of piperazine rings is 1. The monoisotopic (exact) mass is 249 g/mol. The highest BCUT2D eigenvalue weighted by atomic mass is 16.4. The van der Waals surface area contributed by atoms with Crippen LogP contribution in [-0.4, -0.2) is 53.7 Å². The summed E-state index contributed by atoms with van der Waals surface area (Å²) in [7, 11) is 0. The zero-order valence-corrected chi connectivity index (χ0v) is 10.4. The number of amides is 1. The van der Waals surface area contributed by atoms with Crippen LogP contribution in [0, 0.1) is 5.92 Å². The van der Waals surface area contributed by atoms with Crippen LogP contribution in [-0.2, 0) is 0 Å². The molecule has 0 bridgehead atoms. The molecule has 3 heterocycles. The highest BCUT2D eigenvalue weighted by Crippen LogP contribution is 2.27. The second-order valence-electron chi connectivity index (χ2n) is 5.20. The van der Waals surface area contributed by atoms with Crippen molar-refractivity contribution in [3.8, 4) is 0 Å². The van der Waals surface area contributed by atoms with E-state index in [9.17, 15) is 4.79 Å². The first-order valence-corrected chi connectivity index (χ1v) is 6.61. The van der Waals surface area contributed by atoms with Gasteiger partial charge in [-0.1, -0.05) is 0 Å². The molecule has 5 nitrogen and oxygen atoms in total. The SMILES string of the molecule is O=C(O)N1CCN2CC3CCCNC3=CC=C2C1. The number of nitrogens with one attached hydrogen (secondary N) is 1. The third kappa shape index (κ3) is 2.05. The van der Waals surface area contributed by atoms with E-state index in [0.29, 0.717) is 19.0 Å². The number of piperidine rings is 1. The molecular formula is C13H19N3O2. The third-order valence-electron chi connectivity index (χ3n) is 4.06. The highest BCUT2D eigenvalue weighted by Gasteiger charge is 2.29. The minimum Gasteiger partial charge on any atom is -0.465 e. The summed E-state index contributed by atoms with van der Waals surface area (Å²) in [5.74, 6) is 0.587. The van der Waals surface area contributed by atoms with Crippen molar-refractivity contribution >= 4 is 6.09 Å². The molecule has 98 valence electrons. The first kappa shape index (κ1) is 11.4. The first-order valence-electron chi connectivity index (χ1n) is 6.61. The van der Waals surface area contributed by atoms with E-state index in [1.165, 1.54) is 23.4 Å². The van der Waals surface area contributed by atoms with Gasteiger partial charge >= 0.3 is 6.09 Å². The van der Waals surface area contributed by atoms with Crippen LogP contribution in [0.15, 0.2) is 23.5 Å². The summed E-state index contributed by atoms with van der Waals surface area (Å²) < 4.78 is 0. The van der Waals surface area contributed by atoms with Gasteiger partial charge in [-0.15, -0.1) is 0 Å². The zero-order chi connectivity index (χ0) is 12.5. The van der Waals surface area contributed by atoms with Crippen LogP contribution >= 0.6 is 0 Å². The molecule has 3 aliphatic heterocycles. The second-order valence-corrected chi connectivity index (χ2v) is 5.20. The van der Waals surface area contributed by atoms with Crippen molar-refractivity contribution in [1.29, 1.82) is 0 Å². The molecule has 1 unspecified atom stereocenters. The number of fused-ring (bicyclic) bond motifs is 2. The molecule has 5 heteroatoms. The molecule has 18 heavy (non-hydrogen) atoms. The Balaban J connectivity index is 1.78. The Bertz CT molecular complexity index is 416. The molecule has 0 aromatic rings. The maximum Gasteiger partial charge on any atom is 0.407 e. The summed E-state index contributed by atoms with van der Waals surface area (Å²) in [5, 5.41) is 12.5. The predicted molar refractivity (Wildman–Crippen MR) is 68.1 cm³/mol. The largest absolute Gasteiger partial charge is 0.465 e. The number of rotatable bonds is 0. The average molecular weight is 249 g/mol. The van der Waals surface area contributed by atoms with Gasteiger partial charge in [0.15, 0.2) is 0 Å². The van der Waals surface area contributed by atoms with Crippen molar-refractivity contribution in [3.63, 3.8) is 0 Å². The molecule has 0 aliphatic carbocycles. The zero-order valence-electron chi connectivity index (χ0n) is 10.4. The van der Waals surface area contributed by atoms with E-state index in [0.717, 1.165) is 25.3 Å². The average Bonchev–Trinajstić information content (AvgIpc) is 2.56. The number of nitrogens with zero attached hydrogens (tertiary/aromatic N) is 2. The van der Waals surface area contributed by atoms with Gasteiger partial charge in [-0.25, -0.2) is 4.79 Å². The van der Waals surface area contributed by atoms with Crippen LogP contribution in [0.3, 0.4) is 0 Å². The molecule has 0 radical (unpaired) electrons. The van der Waals surface area contributed by atoms with Gasteiger partial charge in [-0.3, -0.25) is 0 Å². The van der Waals surface area contributed by atoms with Crippen LogP contribution in [0.25, 0.3) is 0 Å².